The summed E-state index contributed by atoms with van der Waals surface area (Å²) in [7, 11) is 0. The van der Waals surface area contributed by atoms with Crippen molar-refractivity contribution in [3.8, 4) is 17.6 Å². The molecule has 0 fully saturated rings. The number of nitrogens with zero attached hydrogens (tertiary/aromatic N) is 1. The van der Waals surface area contributed by atoms with Gasteiger partial charge in [0, 0.05) is 0 Å². The van der Waals surface area contributed by atoms with Gasteiger partial charge >= 0.3 is 0 Å². The summed E-state index contributed by atoms with van der Waals surface area (Å²) in [4.78, 5) is 0. The lowest BCUT2D eigenvalue weighted by molar-refractivity contribution is 0.275. The maximum Gasteiger partial charge on any atom is 0.181 e. The van der Waals surface area contributed by atoms with Crippen LogP contribution in [-0.4, -0.2) is 6.10 Å². The Morgan fingerprint density at radius 1 is 1.00 bits per heavy atom. The third kappa shape index (κ3) is 4.04. The molecule has 1 unspecified atom stereocenters. The summed E-state index contributed by atoms with van der Waals surface area (Å²) >= 11 is 0. The van der Waals surface area contributed by atoms with Crippen LogP contribution in [0.5, 0.6) is 11.5 Å². The van der Waals surface area contributed by atoms with Crippen LogP contribution >= 0.6 is 0 Å². The number of benzene rings is 2. The van der Waals surface area contributed by atoms with Crippen LogP contribution in [0.1, 0.15) is 12.5 Å². The van der Waals surface area contributed by atoms with Crippen LogP contribution in [0.15, 0.2) is 54.6 Å². The van der Waals surface area contributed by atoms with Gasteiger partial charge in [0.2, 0.25) is 0 Å². The molecule has 0 aromatic heterocycles. The molecule has 0 saturated heterocycles. The zero-order chi connectivity index (χ0) is 13.5. The highest BCUT2D eigenvalue weighted by Gasteiger charge is 2.01. The molecule has 0 N–H and O–H groups in total. The Kier molecular flexibility index (Phi) is 4.41. The summed E-state index contributed by atoms with van der Waals surface area (Å²) < 4.78 is 11.0. The van der Waals surface area contributed by atoms with Crippen LogP contribution in [0.3, 0.4) is 0 Å². The van der Waals surface area contributed by atoms with E-state index in [0.29, 0.717) is 12.4 Å². The van der Waals surface area contributed by atoms with Gasteiger partial charge in [-0.15, -0.1) is 0 Å². The molecule has 3 heteroatoms. The lowest BCUT2D eigenvalue weighted by Crippen LogP contribution is -2.08. The summed E-state index contributed by atoms with van der Waals surface area (Å²) in [6, 6.07) is 19.3. The molecule has 0 bridgehead atoms. The van der Waals surface area contributed by atoms with Crippen LogP contribution < -0.4 is 9.47 Å². The largest absolute Gasteiger partial charge is 0.489 e. The molecule has 0 heterocycles. The zero-order valence-corrected chi connectivity index (χ0v) is 10.7. The maximum absolute atomic E-state index is 8.67. The fourth-order valence-electron chi connectivity index (χ4n) is 1.58. The van der Waals surface area contributed by atoms with E-state index in [9.17, 15) is 0 Å². The molecule has 0 radical (unpaired) electrons. The predicted octanol–water partition coefficient (Wildman–Crippen LogP) is 3.56. The summed E-state index contributed by atoms with van der Waals surface area (Å²) in [6.07, 6.45) is -0.439. The van der Waals surface area contributed by atoms with E-state index in [2.05, 4.69) is 0 Å². The third-order valence-electron chi connectivity index (χ3n) is 2.57. The van der Waals surface area contributed by atoms with Gasteiger partial charge in [0.1, 0.15) is 24.2 Å². The molecule has 0 aliphatic carbocycles. The number of para-hydroxylation sites is 1. The molecule has 0 aliphatic rings. The SMILES string of the molecule is CC(C#N)Oc1ccc(COc2ccccc2)cc1. The molecule has 0 spiro atoms. The summed E-state index contributed by atoms with van der Waals surface area (Å²) in [5.41, 5.74) is 1.06. The van der Waals surface area contributed by atoms with Gasteiger partial charge in [0.25, 0.3) is 0 Å². The molecule has 2 rings (SSSR count). The van der Waals surface area contributed by atoms with Crippen LogP contribution in [0, 0.1) is 11.3 Å². The Morgan fingerprint density at radius 3 is 2.32 bits per heavy atom. The van der Waals surface area contributed by atoms with E-state index < -0.39 is 6.10 Å². The summed E-state index contributed by atoms with van der Waals surface area (Å²) in [5, 5.41) is 8.67. The molecule has 96 valence electrons. The van der Waals surface area contributed by atoms with E-state index in [4.69, 9.17) is 14.7 Å². The van der Waals surface area contributed by atoms with Gasteiger partial charge in [-0.2, -0.15) is 5.26 Å². The highest BCUT2D eigenvalue weighted by atomic mass is 16.5. The summed E-state index contributed by atoms with van der Waals surface area (Å²) in [6.45, 7) is 2.23. The van der Waals surface area contributed by atoms with Crippen LogP contribution in [0.2, 0.25) is 0 Å². The van der Waals surface area contributed by atoms with Crippen molar-refractivity contribution < 1.29 is 9.47 Å². The molecule has 0 aliphatic heterocycles. The second-order valence-corrected chi connectivity index (χ2v) is 4.13. The third-order valence-corrected chi connectivity index (χ3v) is 2.57. The van der Waals surface area contributed by atoms with Crippen molar-refractivity contribution >= 4 is 0 Å². The highest BCUT2D eigenvalue weighted by molar-refractivity contribution is 5.28. The van der Waals surface area contributed by atoms with Gasteiger partial charge in [-0.25, -0.2) is 0 Å². The normalized spacial score (nSPS) is 11.4. The lowest BCUT2D eigenvalue weighted by Gasteiger charge is -2.09. The molecule has 3 nitrogen and oxygen atoms in total. The van der Waals surface area contributed by atoms with Crippen molar-refractivity contribution in [2.45, 2.75) is 19.6 Å². The molecular formula is C16H15NO2. The number of hydrogen-bond acceptors (Lipinski definition) is 3. The van der Waals surface area contributed by atoms with Crippen molar-refractivity contribution in [1.29, 1.82) is 5.26 Å². The van der Waals surface area contributed by atoms with Crippen LogP contribution in [0.25, 0.3) is 0 Å². The second-order valence-electron chi connectivity index (χ2n) is 4.13. The van der Waals surface area contributed by atoms with Crippen LogP contribution in [0.4, 0.5) is 0 Å². The smallest absolute Gasteiger partial charge is 0.181 e. The Hall–Kier alpha value is -2.47. The van der Waals surface area contributed by atoms with Gasteiger partial charge in [-0.1, -0.05) is 30.3 Å². The van der Waals surface area contributed by atoms with Crippen LogP contribution in [-0.2, 0) is 6.61 Å². The quantitative estimate of drug-likeness (QED) is 0.818. The Balaban J connectivity index is 1.90. The molecule has 2 aromatic rings. The number of ether oxygens (including phenoxy) is 2. The standard InChI is InChI=1S/C16H15NO2/c1-13(11-17)19-16-9-7-14(8-10-16)12-18-15-5-3-2-4-6-15/h2-10,13H,12H2,1H3. The zero-order valence-electron chi connectivity index (χ0n) is 10.7. The first-order valence-corrected chi connectivity index (χ1v) is 6.11. The molecule has 19 heavy (non-hydrogen) atoms. The van der Waals surface area contributed by atoms with E-state index in [1.807, 2.05) is 60.7 Å². The van der Waals surface area contributed by atoms with Crippen molar-refractivity contribution in [2.24, 2.45) is 0 Å². The minimum absolute atomic E-state index is 0.439. The average molecular weight is 253 g/mol. The molecule has 0 amide bonds. The number of rotatable bonds is 5. The molecule has 0 saturated carbocycles. The fraction of sp³-hybridized carbons (Fsp3) is 0.188. The molecular weight excluding hydrogens is 238 g/mol. The van der Waals surface area contributed by atoms with Crippen molar-refractivity contribution in [1.82, 2.24) is 0 Å². The van der Waals surface area contributed by atoms with Gasteiger partial charge in [-0.05, 0) is 36.8 Å². The highest BCUT2D eigenvalue weighted by Crippen LogP contribution is 2.16. The number of hydrogen-bond donors (Lipinski definition) is 0. The van der Waals surface area contributed by atoms with Crippen molar-refractivity contribution in [2.75, 3.05) is 0 Å². The first-order chi connectivity index (χ1) is 9.28. The summed E-state index contributed by atoms with van der Waals surface area (Å²) in [5.74, 6) is 1.54. The Morgan fingerprint density at radius 2 is 1.68 bits per heavy atom. The molecule has 1 atom stereocenters. The lowest BCUT2D eigenvalue weighted by atomic mass is 10.2. The van der Waals surface area contributed by atoms with Gasteiger partial charge in [0.15, 0.2) is 6.10 Å². The topological polar surface area (TPSA) is 42.2 Å². The van der Waals surface area contributed by atoms with Crippen molar-refractivity contribution in [3.63, 3.8) is 0 Å². The van der Waals surface area contributed by atoms with Gasteiger partial charge < -0.3 is 9.47 Å². The number of nitriles is 1. The molecule has 2 aromatic carbocycles. The Labute approximate surface area is 113 Å². The van der Waals surface area contributed by atoms with E-state index in [0.717, 1.165) is 11.3 Å². The van der Waals surface area contributed by atoms with E-state index in [1.165, 1.54) is 0 Å². The fourth-order valence-corrected chi connectivity index (χ4v) is 1.58. The Bertz CT molecular complexity index is 543. The van der Waals surface area contributed by atoms with Gasteiger partial charge in [-0.3, -0.25) is 0 Å². The second kappa shape index (κ2) is 6.46. The first-order valence-electron chi connectivity index (χ1n) is 6.11. The van der Waals surface area contributed by atoms with E-state index in [1.54, 1.807) is 6.92 Å². The average Bonchev–Trinajstić information content (AvgIpc) is 2.47. The minimum atomic E-state index is -0.439. The monoisotopic (exact) mass is 253 g/mol. The van der Waals surface area contributed by atoms with E-state index in [-0.39, 0.29) is 0 Å². The minimum Gasteiger partial charge on any atom is -0.489 e. The van der Waals surface area contributed by atoms with E-state index >= 15 is 0 Å². The first kappa shape index (κ1) is 13.0. The maximum atomic E-state index is 8.67. The predicted molar refractivity (Wildman–Crippen MR) is 72.9 cm³/mol. The van der Waals surface area contributed by atoms with Gasteiger partial charge in [0.05, 0.1) is 0 Å². The van der Waals surface area contributed by atoms with Crippen molar-refractivity contribution in [3.05, 3.63) is 60.2 Å².